The van der Waals surface area contributed by atoms with Crippen molar-refractivity contribution in [3.05, 3.63) is 81.7 Å². The Morgan fingerprint density at radius 3 is 2.74 bits per heavy atom. The zero-order valence-corrected chi connectivity index (χ0v) is 14.8. The van der Waals surface area contributed by atoms with Crippen LogP contribution in [0.3, 0.4) is 0 Å². The lowest BCUT2D eigenvalue weighted by atomic mass is 10.1. The number of hydrogen-bond acceptors (Lipinski definition) is 2. The van der Waals surface area contributed by atoms with Crippen molar-refractivity contribution >= 4 is 28.5 Å². The monoisotopic (exact) mass is 417 g/mol. The zero-order chi connectivity index (χ0) is 16.2. The Balaban J connectivity index is 1.79. The molecule has 1 aromatic heterocycles. The summed E-state index contributed by atoms with van der Waals surface area (Å²) in [6, 6.07) is 17.4. The van der Waals surface area contributed by atoms with Crippen LogP contribution in [0.25, 0.3) is 5.69 Å². The van der Waals surface area contributed by atoms with E-state index in [2.05, 4.69) is 33.0 Å². The van der Waals surface area contributed by atoms with Gasteiger partial charge in [0.15, 0.2) is 0 Å². The highest BCUT2D eigenvalue weighted by Crippen LogP contribution is 2.18. The van der Waals surface area contributed by atoms with Crippen LogP contribution in [0.2, 0.25) is 0 Å². The van der Waals surface area contributed by atoms with E-state index in [9.17, 15) is 4.79 Å². The molecule has 1 heterocycles. The van der Waals surface area contributed by atoms with Crippen LogP contribution in [-0.2, 0) is 0 Å². The molecule has 0 aliphatic heterocycles. The molecule has 23 heavy (non-hydrogen) atoms. The molecule has 0 aliphatic carbocycles. The molecule has 1 unspecified atom stereocenters. The van der Waals surface area contributed by atoms with Crippen LogP contribution < -0.4 is 5.32 Å². The Labute approximate surface area is 148 Å². The van der Waals surface area contributed by atoms with Crippen molar-refractivity contribution in [1.82, 2.24) is 15.1 Å². The van der Waals surface area contributed by atoms with Crippen LogP contribution >= 0.6 is 22.6 Å². The van der Waals surface area contributed by atoms with E-state index in [0.29, 0.717) is 5.56 Å². The first-order valence-corrected chi connectivity index (χ1v) is 8.38. The number of hydrogen-bond donors (Lipinski definition) is 1. The first kappa shape index (κ1) is 15.7. The molecule has 116 valence electrons. The van der Waals surface area contributed by atoms with Gasteiger partial charge in [-0.25, -0.2) is 4.68 Å². The number of aromatic nitrogens is 2. The van der Waals surface area contributed by atoms with Gasteiger partial charge < -0.3 is 5.32 Å². The number of carbonyl (C=O) groups excluding carboxylic acids is 1. The normalized spacial score (nSPS) is 11.9. The van der Waals surface area contributed by atoms with Crippen LogP contribution in [0, 0.1) is 3.57 Å². The second kappa shape index (κ2) is 6.95. The van der Waals surface area contributed by atoms with Gasteiger partial charge >= 0.3 is 0 Å². The number of rotatable bonds is 4. The summed E-state index contributed by atoms with van der Waals surface area (Å²) in [6.07, 6.45) is 3.64. The minimum atomic E-state index is -0.0889. The Morgan fingerprint density at radius 1 is 1.17 bits per heavy atom. The Kier molecular flexibility index (Phi) is 4.76. The summed E-state index contributed by atoms with van der Waals surface area (Å²) in [4.78, 5) is 12.4. The topological polar surface area (TPSA) is 46.9 Å². The Bertz CT molecular complexity index is 815. The third kappa shape index (κ3) is 3.61. The summed E-state index contributed by atoms with van der Waals surface area (Å²) in [5.41, 5.74) is 2.71. The molecule has 5 heteroatoms. The third-order valence-electron chi connectivity index (χ3n) is 3.61. The first-order valence-electron chi connectivity index (χ1n) is 7.30. The van der Waals surface area contributed by atoms with Gasteiger partial charge in [-0.05, 0) is 65.4 Å². The highest BCUT2D eigenvalue weighted by molar-refractivity contribution is 14.1. The zero-order valence-electron chi connectivity index (χ0n) is 12.6. The summed E-state index contributed by atoms with van der Waals surface area (Å²) < 4.78 is 2.75. The maximum Gasteiger partial charge on any atom is 0.252 e. The van der Waals surface area contributed by atoms with E-state index in [4.69, 9.17) is 0 Å². The van der Waals surface area contributed by atoms with E-state index in [-0.39, 0.29) is 11.9 Å². The summed E-state index contributed by atoms with van der Waals surface area (Å²) in [7, 11) is 0. The molecular weight excluding hydrogens is 401 g/mol. The van der Waals surface area contributed by atoms with Crippen molar-refractivity contribution in [3.63, 3.8) is 0 Å². The molecule has 1 atom stereocenters. The van der Waals surface area contributed by atoms with E-state index < -0.39 is 0 Å². The van der Waals surface area contributed by atoms with E-state index in [1.165, 1.54) is 0 Å². The molecule has 3 aromatic rings. The smallest absolute Gasteiger partial charge is 0.252 e. The predicted octanol–water partition coefficient (Wildman–Crippen LogP) is 3.97. The Hall–Kier alpha value is -2.15. The average Bonchev–Trinajstić information content (AvgIpc) is 3.10. The van der Waals surface area contributed by atoms with Gasteiger partial charge in [-0.3, -0.25) is 4.79 Å². The van der Waals surface area contributed by atoms with Crippen molar-refractivity contribution in [2.24, 2.45) is 0 Å². The van der Waals surface area contributed by atoms with Crippen LogP contribution in [0.4, 0.5) is 0 Å². The molecule has 2 aromatic carbocycles. The lowest BCUT2D eigenvalue weighted by Gasteiger charge is -2.16. The van der Waals surface area contributed by atoms with E-state index in [1.54, 1.807) is 10.9 Å². The minimum Gasteiger partial charge on any atom is -0.345 e. The first-order chi connectivity index (χ1) is 11.1. The van der Waals surface area contributed by atoms with Crippen LogP contribution in [0.5, 0.6) is 0 Å². The molecule has 0 saturated carbocycles. The molecule has 0 saturated heterocycles. The van der Waals surface area contributed by atoms with Crippen LogP contribution in [0.15, 0.2) is 67.0 Å². The quantitative estimate of drug-likeness (QED) is 0.654. The largest absolute Gasteiger partial charge is 0.345 e. The minimum absolute atomic E-state index is 0.0630. The van der Waals surface area contributed by atoms with Gasteiger partial charge in [0.05, 0.1) is 17.3 Å². The lowest BCUT2D eigenvalue weighted by molar-refractivity contribution is 0.0939. The van der Waals surface area contributed by atoms with E-state index in [0.717, 1.165) is 14.8 Å². The number of nitrogens with zero attached hydrogens (tertiary/aromatic N) is 2. The van der Waals surface area contributed by atoms with Gasteiger partial charge in [0, 0.05) is 16.0 Å². The maximum absolute atomic E-state index is 12.4. The van der Waals surface area contributed by atoms with Crippen molar-refractivity contribution in [1.29, 1.82) is 0 Å². The maximum atomic E-state index is 12.4. The van der Waals surface area contributed by atoms with Gasteiger partial charge in [0.25, 0.3) is 5.91 Å². The average molecular weight is 417 g/mol. The number of halogens is 1. The lowest BCUT2D eigenvalue weighted by Crippen LogP contribution is -2.27. The molecule has 0 fully saturated rings. The summed E-state index contributed by atoms with van der Waals surface area (Å²) in [5.74, 6) is -0.0630. The van der Waals surface area contributed by atoms with Crippen molar-refractivity contribution in [2.75, 3.05) is 0 Å². The van der Waals surface area contributed by atoms with E-state index >= 15 is 0 Å². The van der Waals surface area contributed by atoms with Gasteiger partial charge in [-0.15, -0.1) is 0 Å². The molecule has 0 spiro atoms. The molecule has 3 rings (SSSR count). The van der Waals surface area contributed by atoms with Crippen molar-refractivity contribution < 1.29 is 4.79 Å². The number of amides is 1. The number of carbonyl (C=O) groups is 1. The van der Waals surface area contributed by atoms with Gasteiger partial charge in [0.1, 0.15) is 0 Å². The fourth-order valence-corrected chi connectivity index (χ4v) is 2.99. The molecule has 1 amide bonds. The van der Waals surface area contributed by atoms with E-state index in [1.807, 2.05) is 67.7 Å². The predicted molar refractivity (Wildman–Crippen MR) is 98.6 cm³/mol. The highest BCUT2D eigenvalue weighted by atomic mass is 127. The van der Waals surface area contributed by atoms with Crippen LogP contribution in [0.1, 0.15) is 28.9 Å². The molecule has 0 aliphatic rings. The summed E-state index contributed by atoms with van der Waals surface area (Å²) in [6.45, 7) is 1.98. The van der Waals surface area contributed by atoms with Crippen molar-refractivity contribution in [2.45, 2.75) is 13.0 Å². The standard InChI is InChI=1S/C18H16IN3O/c1-13(21-18(23)16-8-2-3-9-17(16)19)14-6-4-7-15(12-14)22-11-5-10-20-22/h2-13H,1H3,(H,21,23). The molecule has 0 radical (unpaired) electrons. The molecular formula is C18H16IN3O. The van der Waals surface area contributed by atoms with Crippen molar-refractivity contribution in [3.8, 4) is 5.69 Å². The highest BCUT2D eigenvalue weighted by Gasteiger charge is 2.14. The Morgan fingerprint density at radius 2 is 2.00 bits per heavy atom. The second-order valence-corrected chi connectivity index (χ2v) is 6.38. The SMILES string of the molecule is CC(NC(=O)c1ccccc1I)c1cccc(-n2cccn2)c1. The number of nitrogens with one attached hydrogen (secondary N) is 1. The fraction of sp³-hybridized carbons (Fsp3) is 0.111. The summed E-state index contributed by atoms with van der Waals surface area (Å²) in [5, 5.41) is 7.29. The second-order valence-electron chi connectivity index (χ2n) is 5.22. The van der Waals surface area contributed by atoms with Gasteiger partial charge in [-0.2, -0.15) is 5.10 Å². The number of benzene rings is 2. The van der Waals surface area contributed by atoms with Crippen LogP contribution in [-0.4, -0.2) is 15.7 Å². The summed E-state index contributed by atoms with van der Waals surface area (Å²) >= 11 is 2.18. The third-order valence-corrected chi connectivity index (χ3v) is 4.55. The van der Waals surface area contributed by atoms with Gasteiger partial charge in [0.2, 0.25) is 0 Å². The molecule has 1 N–H and O–H groups in total. The fourth-order valence-electron chi connectivity index (χ4n) is 2.36. The molecule has 0 bridgehead atoms. The van der Waals surface area contributed by atoms with Gasteiger partial charge in [-0.1, -0.05) is 24.3 Å². The molecule has 4 nitrogen and oxygen atoms in total.